The molecule has 1 aliphatic rings. The molecule has 0 aromatic heterocycles. The van der Waals surface area contributed by atoms with Crippen LogP contribution in [0.5, 0.6) is 5.75 Å². The lowest BCUT2D eigenvalue weighted by Gasteiger charge is -2.15. The van der Waals surface area contributed by atoms with Gasteiger partial charge in [0.25, 0.3) is 0 Å². The summed E-state index contributed by atoms with van der Waals surface area (Å²) in [5.74, 6) is 2.52. The Balaban J connectivity index is 1.66. The highest BCUT2D eigenvalue weighted by Crippen LogP contribution is 2.22. The van der Waals surface area contributed by atoms with Crippen LogP contribution in [0.15, 0.2) is 48.5 Å². The van der Waals surface area contributed by atoms with Gasteiger partial charge in [-0.05, 0) is 36.2 Å². The van der Waals surface area contributed by atoms with Crippen LogP contribution in [0, 0.1) is 6.92 Å². The summed E-state index contributed by atoms with van der Waals surface area (Å²) in [6, 6.07) is 15.5. The Morgan fingerprint density at radius 1 is 1.26 bits per heavy atom. The molecule has 0 radical (unpaired) electrons. The number of rotatable bonds is 5. The van der Waals surface area contributed by atoms with Gasteiger partial charge in [0.05, 0.1) is 6.04 Å². The highest BCUT2D eigenvalue weighted by molar-refractivity contribution is 7.99. The van der Waals surface area contributed by atoms with Crippen molar-refractivity contribution in [1.29, 1.82) is 0 Å². The molecular weight excluding hydrogens is 308 g/mol. The van der Waals surface area contributed by atoms with E-state index in [4.69, 9.17) is 4.74 Å². The molecule has 0 aliphatic carbocycles. The molecule has 4 nitrogen and oxygen atoms in total. The molecule has 1 aliphatic heterocycles. The van der Waals surface area contributed by atoms with Gasteiger partial charge in [-0.15, -0.1) is 11.8 Å². The number of hydrogen-bond acceptors (Lipinski definition) is 4. The van der Waals surface area contributed by atoms with Gasteiger partial charge >= 0.3 is 0 Å². The number of amides is 1. The number of anilines is 1. The molecule has 120 valence electrons. The fourth-order valence-electron chi connectivity index (χ4n) is 2.44. The number of thioether (sulfide) groups is 1. The van der Waals surface area contributed by atoms with Crippen molar-refractivity contribution >= 4 is 23.4 Å². The zero-order valence-corrected chi connectivity index (χ0v) is 13.9. The van der Waals surface area contributed by atoms with E-state index in [0.717, 1.165) is 34.2 Å². The highest BCUT2D eigenvalue weighted by atomic mass is 32.2. The van der Waals surface area contributed by atoms with Crippen LogP contribution in [0.25, 0.3) is 0 Å². The summed E-state index contributed by atoms with van der Waals surface area (Å²) in [4.78, 5) is 12.2. The van der Waals surface area contributed by atoms with Gasteiger partial charge in [0.1, 0.15) is 12.4 Å². The number of carbonyl (C=O) groups is 1. The molecule has 1 heterocycles. The maximum Gasteiger partial charge on any atom is 0.242 e. The fraction of sp³-hybridized carbons (Fsp3) is 0.278. The summed E-state index contributed by atoms with van der Waals surface area (Å²) in [5, 5.41) is 6.20. The first-order valence-corrected chi connectivity index (χ1v) is 8.78. The number of hydrogen-bond donors (Lipinski definition) is 2. The van der Waals surface area contributed by atoms with Crippen LogP contribution in [-0.2, 0) is 11.4 Å². The minimum absolute atomic E-state index is 0.0271. The van der Waals surface area contributed by atoms with Crippen LogP contribution in [-0.4, -0.2) is 23.6 Å². The highest BCUT2D eigenvalue weighted by Gasteiger charge is 2.22. The van der Waals surface area contributed by atoms with E-state index in [1.165, 1.54) is 0 Å². The van der Waals surface area contributed by atoms with Gasteiger partial charge in [0, 0.05) is 17.3 Å². The molecule has 2 aromatic carbocycles. The summed E-state index contributed by atoms with van der Waals surface area (Å²) >= 11 is 1.74. The number of benzene rings is 2. The molecule has 23 heavy (non-hydrogen) atoms. The Labute approximate surface area is 140 Å². The van der Waals surface area contributed by atoms with E-state index < -0.39 is 0 Å². The van der Waals surface area contributed by atoms with Gasteiger partial charge in [0.15, 0.2) is 0 Å². The van der Waals surface area contributed by atoms with Gasteiger partial charge in [0.2, 0.25) is 5.91 Å². The molecule has 1 unspecified atom stereocenters. The van der Waals surface area contributed by atoms with Crippen LogP contribution in [0.4, 0.5) is 5.69 Å². The van der Waals surface area contributed by atoms with Crippen molar-refractivity contribution in [2.75, 3.05) is 16.9 Å². The average molecular weight is 328 g/mol. The Bertz CT molecular complexity index is 670. The molecule has 0 saturated carbocycles. The molecule has 0 spiro atoms. The average Bonchev–Trinajstić information content (AvgIpc) is 3.11. The van der Waals surface area contributed by atoms with Crippen LogP contribution in [0.1, 0.15) is 11.1 Å². The molecule has 5 heteroatoms. The first-order valence-electron chi connectivity index (χ1n) is 7.62. The summed E-state index contributed by atoms with van der Waals surface area (Å²) in [5.41, 5.74) is 2.96. The Morgan fingerprint density at radius 2 is 2.09 bits per heavy atom. The quantitative estimate of drug-likeness (QED) is 0.885. The van der Waals surface area contributed by atoms with Crippen LogP contribution < -0.4 is 15.4 Å². The van der Waals surface area contributed by atoms with Crippen LogP contribution >= 0.6 is 11.8 Å². The fourth-order valence-corrected chi connectivity index (χ4v) is 3.38. The van der Waals surface area contributed by atoms with Crippen molar-refractivity contribution < 1.29 is 9.53 Å². The minimum atomic E-state index is -0.108. The van der Waals surface area contributed by atoms with Gasteiger partial charge in [-0.2, -0.15) is 0 Å². The van der Waals surface area contributed by atoms with E-state index in [9.17, 15) is 4.79 Å². The first kappa shape index (κ1) is 15.9. The first-order chi connectivity index (χ1) is 11.2. The molecule has 1 saturated heterocycles. The van der Waals surface area contributed by atoms with E-state index in [1.807, 2.05) is 55.5 Å². The monoisotopic (exact) mass is 328 g/mol. The van der Waals surface area contributed by atoms with E-state index in [-0.39, 0.29) is 11.9 Å². The Kier molecular flexibility index (Phi) is 5.20. The van der Waals surface area contributed by atoms with E-state index in [0.29, 0.717) is 6.61 Å². The lowest BCUT2D eigenvalue weighted by Crippen LogP contribution is -2.37. The molecule has 1 fully saturated rings. The summed E-state index contributed by atoms with van der Waals surface area (Å²) in [6.45, 7) is 2.49. The van der Waals surface area contributed by atoms with Crippen molar-refractivity contribution in [2.45, 2.75) is 19.6 Å². The molecular formula is C18H20N2O2S. The van der Waals surface area contributed by atoms with E-state index in [2.05, 4.69) is 10.6 Å². The Hall–Kier alpha value is -1.98. The topological polar surface area (TPSA) is 50.4 Å². The third-order valence-electron chi connectivity index (χ3n) is 3.87. The van der Waals surface area contributed by atoms with Gasteiger partial charge in [-0.3, -0.25) is 10.1 Å². The number of ether oxygens (including phenoxy) is 1. The summed E-state index contributed by atoms with van der Waals surface area (Å²) in [6.07, 6.45) is 0. The van der Waals surface area contributed by atoms with Crippen molar-refractivity contribution in [3.63, 3.8) is 0 Å². The Morgan fingerprint density at radius 3 is 2.83 bits per heavy atom. The third kappa shape index (κ3) is 4.06. The zero-order chi connectivity index (χ0) is 16.1. The smallest absolute Gasteiger partial charge is 0.242 e. The predicted molar refractivity (Wildman–Crippen MR) is 94.8 cm³/mol. The van der Waals surface area contributed by atoms with E-state index >= 15 is 0 Å². The molecule has 2 N–H and O–H groups in total. The largest absolute Gasteiger partial charge is 0.489 e. The van der Waals surface area contributed by atoms with Gasteiger partial charge in [-0.25, -0.2) is 0 Å². The number of nitrogens with one attached hydrogen (secondary N) is 2. The SMILES string of the molecule is Cc1c(COc2ccccc2)cccc1NC(=O)C1CSCN1. The zero-order valence-electron chi connectivity index (χ0n) is 13.0. The second kappa shape index (κ2) is 7.53. The second-order valence-corrected chi connectivity index (χ2v) is 6.48. The molecule has 1 atom stereocenters. The van der Waals surface area contributed by atoms with Crippen molar-refractivity contribution in [1.82, 2.24) is 5.32 Å². The maximum absolute atomic E-state index is 12.2. The summed E-state index contributed by atoms with van der Waals surface area (Å²) < 4.78 is 5.80. The predicted octanol–water partition coefficient (Wildman–Crippen LogP) is 3.18. The van der Waals surface area contributed by atoms with Crippen molar-refractivity contribution in [3.8, 4) is 5.75 Å². The van der Waals surface area contributed by atoms with Gasteiger partial charge < -0.3 is 10.1 Å². The number of carbonyl (C=O) groups excluding carboxylic acids is 1. The molecule has 2 aromatic rings. The standard InChI is InChI=1S/C18H20N2O2S/c1-13-14(10-22-15-7-3-2-4-8-15)6-5-9-16(13)20-18(21)17-11-23-12-19-17/h2-9,17,19H,10-12H2,1H3,(H,20,21). The maximum atomic E-state index is 12.2. The van der Waals surface area contributed by atoms with Crippen LogP contribution in [0.3, 0.4) is 0 Å². The van der Waals surface area contributed by atoms with Gasteiger partial charge in [-0.1, -0.05) is 30.3 Å². The lowest BCUT2D eigenvalue weighted by atomic mass is 10.1. The minimum Gasteiger partial charge on any atom is -0.489 e. The lowest BCUT2D eigenvalue weighted by molar-refractivity contribution is -0.117. The van der Waals surface area contributed by atoms with Crippen molar-refractivity contribution in [2.24, 2.45) is 0 Å². The van der Waals surface area contributed by atoms with E-state index in [1.54, 1.807) is 11.8 Å². The van der Waals surface area contributed by atoms with Crippen molar-refractivity contribution in [3.05, 3.63) is 59.7 Å². The molecule has 0 bridgehead atoms. The molecule has 1 amide bonds. The molecule has 3 rings (SSSR count). The second-order valence-electron chi connectivity index (χ2n) is 5.45. The normalized spacial score (nSPS) is 17.0. The number of para-hydroxylation sites is 1. The third-order valence-corrected chi connectivity index (χ3v) is 4.81. The van der Waals surface area contributed by atoms with Crippen LogP contribution in [0.2, 0.25) is 0 Å². The summed E-state index contributed by atoms with van der Waals surface area (Å²) in [7, 11) is 0.